The minimum Gasteiger partial charge on any atom is -0.314 e. The first kappa shape index (κ1) is 9.93. The van der Waals surface area contributed by atoms with Gasteiger partial charge in [-0.15, -0.1) is 11.8 Å². The van der Waals surface area contributed by atoms with E-state index in [1.165, 1.54) is 19.3 Å². The second-order valence-corrected chi connectivity index (χ2v) is 4.59. The molecule has 14 heavy (non-hydrogen) atoms. The Morgan fingerprint density at radius 1 is 1.43 bits per heavy atom. The molecule has 0 atom stereocenters. The minimum atomic E-state index is 0.830. The van der Waals surface area contributed by atoms with Crippen LogP contribution in [0.25, 0.3) is 0 Å². The van der Waals surface area contributed by atoms with Crippen LogP contribution in [0.2, 0.25) is 0 Å². The van der Waals surface area contributed by atoms with Gasteiger partial charge >= 0.3 is 0 Å². The van der Waals surface area contributed by atoms with Crippen molar-refractivity contribution in [3.8, 4) is 0 Å². The van der Waals surface area contributed by atoms with E-state index in [1.54, 1.807) is 24.2 Å². The van der Waals surface area contributed by atoms with Crippen LogP contribution in [0.1, 0.15) is 19.3 Å². The maximum atomic E-state index is 4.20. The highest BCUT2D eigenvalue weighted by molar-refractivity contribution is 7.99. The number of hydrogen-bond acceptors (Lipinski definition) is 4. The molecule has 4 heteroatoms. The van der Waals surface area contributed by atoms with Gasteiger partial charge in [0.1, 0.15) is 5.03 Å². The fraction of sp³-hybridized carbons (Fsp3) is 0.600. The van der Waals surface area contributed by atoms with Crippen LogP contribution in [-0.4, -0.2) is 28.3 Å². The third-order valence-corrected chi connectivity index (χ3v) is 3.12. The first-order valence-electron chi connectivity index (χ1n) is 5.07. The van der Waals surface area contributed by atoms with Gasteiger partial charge in [0.05, 0.1) is 6.20 Å². The molecule has 0 unspecified atom stereocenters. The molecule has 1 aromatic rings. The number of aromatic nitrogens is 2. The van der Waals surface area contributed by atoms with Crippen molar-refractivity contribution in [2.45, 2.75) is 30.3 Å². The molecule has 76 valence electrons. The van der Waals surface area contributed by atoms with E-state index in [2.05, 4.69) is 15.3 Å². The second kappa shape index (κ2) is 5.32. The molecule has 0 bridgehead atoms. The molecule has 1 saturated carbocycles. The highest BCUT2D eigenvalue weighted by atomic mass is 32.2. The zero-order chi connectivity index (χ0) is 9.64. The summed E-state index contributed by atoms with van der Waals surface area (Å²) in [5, 5.41) is 4.52. The Balaban J connectivity index is 1.54. The average molecular weight is 209 g/mol. The fourth-order valence-electron chi connectivity index (χ4n) is 1.20. The summed E-state index contributed by atoms with van der Waals surface area (Å²) in [4.78, 5) is 8.23. The Morgan fingerprint density at radius 3 is 3.07 bits per heavy atom. The fourth-order valence-corrected chi connectivity index (χ4v) is 1.97. The quantitative estimate of drug-likeness (QED) is 0.572. The molecule has 0 saturated heterocycles. The molecule has 0 aliphatic heterocycles. The monoisotopic (exact) mass is 209 g/mol. The first-order valence-corrected chi connectivity index (χ1v) is 6.06. The van der Waals surface area contributed by atoms with Crippen molar-refractivity contribution < 1.29 is 0 Å². The Morgan fingerprint density at radius 2 is 2.36 bits per heavy atom. The Kier molecular flexibility index (Phi) is 3.77. The summed E-state index contributed by atoms with van der Waals surface area (Å²) in [6.07, 6.45) is 9.22. The van der Waals surface area contributed by atoms with Crippen LogP contribution in [0.4, 0.5) is 0 Å². The van der Waals surface area contributed by atoms with E-state index in [-0.39, 0.29) is 0 Å². The molecule has 2 rings (SSSR count). The van der Waals surface area contributed by atoms with Gasteiger partial charge in [-0.25, -0.2) is 4.98 Å². The number of hydrogen-bond donors (Lipinski definition) is 1. The lowest BCUT2D eigenvalue weighted by molar-refractivity contribution is 0.674. The third-order valence-electron chi connectivity index (χ3n) is 2.12. The molecule has 1 aromatic heterocycles. The number of nitrogens with one attached hydrogen (secondary N) is 1. The molecule has 0 radical (unpaired) electrons. The lowest BCUT2D eigenvalue weighted by Gasteiger charge is -2.01. The molecule has 0 spiro atoms. The van der Waals surface area contributed by atoms with Crippen molar-refractivity contribution in [2.24, 2.45) is 0 Å². The summed E-state index contributed by atoms with van der Waals surface area (Å²) >= 11 is 1.78. The van der Waals surface area contributed by atoms with Gasteiger partial charge < -0.3 is 5.32 Å². The summed E-state index contributed by atoms with van der Waals surface area (Å²) in [6.45, 7) is 1.14. The van der Waals surface area contributed by atoms with Crippen molar-refractivity contribution in [1.29, 1.82) is 0 Å². The van der Waals surface area contributed by atoms with E-state index in [0.29, 0.717) is 0 Å². The van der Waals surface area contributed by atoms with Crippen LogP contribution in [-0.2, 0) is 0 Å². The first-order chi connectivity index (χ1) is 6.95. The topological polar surface area (TPSA) is 37.8 Å². The van der Waals surface area contributed by atoms with E-state index in [9.17, 15) is 0 Å². The molecule has 1 N–H and O–H groups in total. The summed E-state index contributed by atoms with van der Waals surface area (Å²) in [5.74, 6) is 1.12. The normalized spacial score (nSPS) is 15.7. The van der Waals surface area contributed by atoms with E-state index >= 15 is 0 Å². The lowest BCUT2D eigenvalue weighted by Crippen LogP contribution is -2.17. The molecule has 1 heterocycles. The van der Waals surface area contributed by atoms with Crippen molar-refractivity contribution >= 4 is 11.8 Å². The molecular weight excluding hydrogens is 194 g/mol. The Hall–Kier alpha value is -0.610. The Labute approximate surface area is 88.7 Å². The van der Waals surface area contributed by atoms with Crippen molar-refractivity contribution in [3.05, 3.63) is 18.6 Å². The standard InChI is InChI=1S/C10H15N3S/c1(4-12-9-2-3-9)7-14-10-8-11-5-6-13-10/h5-6,8-9,12H,1-4,7H2. The number of rotatable bonds is 6. The van der Waals surface area contributed by atoms with Crippen LogP contribution in [0.3, 0.4) is 0 Å². The van der Waals surface area contributed by atoms with Gasteiger partial charge in [-0.2, -0.15) is 0 Å². The highest BCUT2D eigenvalue weighted by Gasteiger charge is 2.19. The van der Waals surface area contributed by atoms with Gasteiger partial charge in [0.25, 0.3) is 0 Å². The van der Waals surface area contributed by atoms with E-state index in [4.69, 9.17) is 0 Å². The van der Waals surface area contributed by atoms with Crippen LogP contribution in [0.15, 0.2) is 23.6 Å². The highest BCUT2D eigenvalue weighted by Crippen LogP contribution is 2.19. The molecular formula is C10H15N3S. The zero-order valence-corrected chi connectivity index (χ0v) is 8.96. The number of thioether (sulfide) groups is 1. The van der Waals surface area contributed by atoms with Gasteiger partial charge in [-0.3, -0.25) is 4.98 Å². The van der Waals surface area contributed by atoms with Gasteiger partial charge in [0, 0.05) is 24.2 Å². The Bertz CT molecular complexity index is 261. The maximum absolute atomic E-state index is 4.20. The summed E-state index contributed by atoms with van der Waals surface area (Å²) < 4.78 is 0. The summed E-state index contributed by atoms with van der Waals surface area (Å²) in [6, 6.07) is 0.830. The molecule has 0 aromatic carbocycles. The van der Waals surface area contributed by atoms with E-state index < -0.39 is 0 Å². The van der Waals surface area contributed by atoms with E-state index in [1.807, 2.05) is 6.20 Å². The van der Waals surface area contributed by atoms with Crippen molar-refractivity contribution in [2.75, 3.05) is 12.3 Å². The molecule has 0 amide bonds. The van der Waals surface area contributed by atoms with Crippen LogP contribution < -0.4 is 5.32 Å². The molecule has 3 nitrogen and oxygen atoms in total. The molecule has 1 aliphatic carbocycles. The van der Waals surface area contributed by atoms with Crippen LogP contribution in [0, 0.1) is 0 Å². The van der Waals surface area contributed by atoms with Gasteiger partial charge in [0.2, 0.25) is 0 Å². The second-order valence-electron chi connectivity index (χ2n) is 3.47. The molecule has 1 aliphatic rings. The van der Waals surface area contributed by atoms with Crippen LogP contribution in [0.5, 0.6) is 0 Å². The van der Waals surface area contributed by atoms with Gasteiger partial charge in [0.15, 0.2) is 0 Å². The summed E-state index contributed by atoms with van der Waals surface area (Å²) in [7, 11) is 0. The minimum absolute atomic E-state index is 0.830. The smallest absolute Gasteiger partial charge is 0.114 e. The zero-order valence-electron chi connectivity index (χ0n) is 8.15. The van der Waals surface area contributed by atoms with Gasteiger partial charge in [-0.1, -0.05) is 0 Å². The molecule has 1 fully saturated rings. The van der Waals surface area contributed by atoms with Crippen molar-refractivity contribution in [1.82, 2.24) is 15.3 Å². The van der Waals surface area contributed by atoms with E-state index in [0.717, 1.165) is 23.4 Å². The van der Waals surface area contributed by atoms with Crippen molar-refractivity contribution in [3.63, 3.8) is 0 Å². The predicted molar refractivity (Wildman–Crippen MR) is 58.4 cm³/mol. The predicted octanol–water partition coefficient (Wildman–Crippen LogP) is 1.71. The summed E-state index contributed by atoms with van der Waals surface area (Å²) in [5.41, 5.74) is 0. The SMILES string of the molecule is c1cnc(SCCCNC2CC2)cn1. The third kappa shape index (κ3) is 3.64. The number of nitrogens with zero attached hydrogens (tertiary/aromatic N) is 2. The average Bonchev–Trinajstić information content (AvgIpc) is 3.03. The maximum Gasteiger partial charge on any atom is 0.114 e. The van der Waals surface area contributed by atoms with Gasteiger partial charge in [-0.05, 0) is 25.8 Å². The largest absolute Gasteiger partial charge is 0.314 e. The van der Waals surface area contributed by atoms with Crippen LogP contribution >= 0.6 is 11.8 Å². The lowest BCUT2D eigenvalue weighted by atomic mass is 10.5.